The Morgan fingerprint density at radius 2 is 1.84 bits per heavy atom. The van der Waals surface area contributed by atoms with E-state index in [1.54, 1.807) is 56.3 Å². The van der Waals surface area contributed by atoms with Gasteiger partial charge in [-0.15, -0.1) is 0 Å². The number of halogens is 1. The second-order valence-electron chi connectivity index (χ2n) is 5.83. The molecule has 5 nitrogen and oxygen atoms in total. The van der Waals surface area contributed by atoms with Gasteiger partial charge in [0.15, 0.2) is 5.76 Å². The van der Waals surface area contributed by atoms with Gasteiger partial charge in [-0.25, -0.2) is 8.42 Å². The van der Waals surface area contributed by atoms with Crippen LogP contribution in [0, 0.1) is 20.8 Å². The van der Waals surface area contributed by atoms with E-state index < -0.39 is 10.0 Å². The molecule has 7 heteroatoms. The molecular formula is C18H17ClN2O3S. The van der Waals surface area contributed by atoms with E-state index in [1.807, 2.05) is 6.92 Å². The largest absolute Gasteiger partial charge is 0.356 e. The lowest BCUT2D eigenvalue weighted by Crippen LogP contribution is -2.15. The van der Waals surface area contributed by atoms with Gasteiger partial charge in [0, 0.05) is 16.7 Å². The van der Waals surface area contributed by atoms with Crippen LogP contribution >= 0.6 is 11.6 Å². The predicted molar refractivity (Wildman–Crippen MR) is 98.4 cm³/mol. The normalized spacial score (nSPS) is 11.5. The first-order valence-electron chi connectivity index (χ1n) is 7.60. The first kappa shape index (κ1) is 17.5. The minimum atomic E-state index is -3.78. The molecule has 25 heavy (non-hydrogen) atoms. The van der Waals surface area contributed by atoms with Crippen LogP contribution in [0.5, 0.6) is 0 Å². The van der Waals surface area contributed by atoms with Crippen molar-refractivity contribution in [2.75, 3.05) is 4.72 Å². The predicted octanol–water partition coefficient (Wildman–Crippen LogP) is 4.72. The Hall–Kier alpha value is -2.31. The van der Waals surface area contributed by atoms with Crippen LogP contribution in [0.25, 0.3) is 11.3 Å². The molecular weight excluding hydrogens is 360 g/mol. The van der Waals surface area contributed by atoms with Crippen LogP contribution in [0.15, 0.2) is 51.9 Å². The second kappa shape index (κ2) is 6.54. The monoisotopic (exact) mass is 376 g/mol. The standard InChI is InChI=1S/C18H17ClN2O3S/c1-11-7-8-14(17-9-12(2)20-24-17)10-18(11)25(22,23)21-16-6-4-5-15(19)13(16)3/h4-10,21H,1-3H3. The van der Waals surface area contributed by atoms with Gasteiger partial charge >= 0.3 is 0 Å². The van der Waals surface area contributed by atoms with Crippen molar-refractivity contribution in [1.82, 2.24) is 5.16 Å². The Balaban J connectivity index is 2.03. The third-order valence-corrected chi connectivity index (χ3v) is 5.82. The number of nitrogens with one attached hydrogen (secondary N) is 1. The fourth-order valence-electron chi connectivity index (χ4n) is 2.46. The van der Waals surface area contributed by atoms with Gasteiger partial charge in [-0.05, 0) is 50.1 Å². The summed E-state index contributed by atoms with van der Waals surface area (Å²) in [6, 6.07) is 12.0. The fraction of sp³-hybridized carbons (Fsp3) is 0.167. The average molecular weight is 377 g/mol. The molecule has 0 aliphatic heterocycles. The summed E-state index contributed by atoms with van der Waals surface area (Å²) >= 11 is 6.07. The Kier molecular flexibility index (Phi) is 4.58. The molecule has 0 bridgehead atoms. The first-order chi connectivity index (χ1) is 11.8. The second-order valence-corrected chi connectivity index (χ2v) is 7.89. The van der Waals surface area contributed by atoms with E-state index in [1.165, 1.54) is 0 Å². The summed E-state index contributed by atoms with van der Waals surface area (Å²) in [6.07, 6.45) is 0. The molecule has 3 aromatic rings. The molecule has 1 N–H and O–H groups in total. The molecule has 0 radical (unpaired) electrons. The minimum Gasteiger partial charge on any atom is -0.356 e. The summed E-state index contributed by atoms with van der Waals surface area (Å²) in [6.45, 7) is 5.32. The zero-order chi connectivity index (χ0) is 18.2. The number of nitrogens with zero attached hydrogens (tertiary/aromatic N) is 1. The first-order valence-corrected chi connectivity index (χ1v) is 9.46. The molecule has 0 unspecified atom stereocenters. The molecule has 0 aliphatic rings. The molecule has 0 aliphatic carbocycles. The van der Waals surface area contributed by atoms with Crippen molar-refractivity contribution < 1.29 is 12.9 Å². The molecule has 0 spiro atoms. The maximum atomic E-state index is 12.9. The number of aryl methyl sites for hydroxylation is 2. The third-order valence-electron chi connectivity index (χ3n) is 3.90. The van der Waals surface area contributed by atoms with Gasteiger partial charge in [0.1, 0.15) is 0 Å². The zero-order valence-electron chi connectivity index (χ0n) is 14.0. The summed E-state index contributed by atoms with van der Waals surface area (Å²) in [7, 11) is -3.78. The number of hydrogen-bond donors (Lipinski definition) is 1. The number of anilines is 1. The maximum Gasteiger partial charge on any atom is 0.262 e. The third kappa shape index (κ3) is 3.55. The van der Waals surface area contributed by atoms with E-state index >= 15 is 0 Å². The van der Waals surface area contributed by atoms with E-state index in [9.17, 15) is 8.42 Å². The quantitative estimate of drug-likeness (QED) is 0.715. The topological polar surface area (TPSA) is 72.2 Å². The van der Waals surface area contributed by atoms with Crippen LogP contribution in [0.2, 0.25) is 5.02 Å². The van der Waals surface area contributed by atoms with Crippen molar-refractivity contribution in [3.05, 3.63) is 64.3 Å². The van der Waals surface area contributed by atoms with Crippen molar-refractivity contribution in [1.29, 1.82) is 0 Å². The van der Waals surface area contributed by atoms with Crippen molar-refractivity contribution in [3.8, 4) is 11.3 Å². The van der Waals surface area contributed by atoms with Gasteiger partial charge in [0.05, 0.1) is 16.3 Å². The maximum absolute atomic E-state index is 12.9. The highest BCUT2D eigenvalue weighted by atomic mass is 35.5. The lowest BCUT2D eigenvalue weighted by molar-refractivity contribution is 0.427. The molecule has 0 atom stereocenters. The molecule has 0 amide bonds. The van der Waals surface area contributed by atoms with Crippen LogP contribution in [-0.4, -0.2) is 13.6 Å². The van der Waals surface area contributed by atoms with Gasteiger partial charge in [-0.3, -0.25) is 4.72 Å². The van der Waals surface area contributed by atoms with Crippen molar-refractivity contribution in [3.63, 3.8) is 0 Å². The van der Waals surface area contributed by atoms with Crippen LogP contribution in [-0.2, 0) is 10.0 Å². The van der Waals surface area contributed by atoms with Crippen LogP contribution in [0.3, 0.4) is 0 Å². The SMILES string of the molecule is Cc1cc(-c2ccc(C)c(S(=O)(=O)Nc3cccc(Cl)c3C)c2)on1. The van der Waals surface area contributed by atoms with Crippen LogP contribution < -0.4 is 4.72 Å². The molecule has 1 aromatic heterocycles. The van der Waals surface area contributed by atoms with Crippen LogP contribution in [0.4, 0.5) is 5.69 Å². The van der Waals surface area contributed by atoms with E-state index in [2.05, 4.69) is 9.88 Å². The number of benzene rings is 2. The number of aromatic nitrogens is 1. The Bertz CT molecular complexity index is 1040. The average Bonchev–Trinajstić information content (AvgIpc) is 2.98. The number of rotatable bonds is 4. The van der Waals surface area contributed by atoms with Gasteiger partial charge in [0.2, 0.25) is 0 Å². The molecule has 3 rings (SSSR count). The summed E-state index contributed by atoms with van der Waals surface area (Å²) in [5.41, 5.74) is 3.13. The van der Waals surface area contributed by atoms with E-state index in [0.29, 0.717) is 33.2 Å². The molecule has 0 saturated carbocycles. The summed E-state index contributed by atoms with van der Waals surface area (Å²) in [4.78, 5) is 0.179. The highest BCUT2D eigenvalue weighted by molar-refractivity contribution is 7.92. The molecule has 1 heterocycles. The van der Waals surface area contributed by atoms with Crippen molar-refractivity contribution in [2.24, 2.45) is 0 Å². The summed E-state index contributed by atoms with van der Waals surface area (Å²) in [5, 5.41) is 4.34. The highest BCUT2D eigenvalue weighted by Crippen LogP contribution is 2.29. The molecule has 0 fully saturated rings. The smallest absolute Gasteiger partial charge is 0.262 e. The molecule has 0 saturated heterocycles. The Morgan fingerprint density at radius 1 is 1.08 bits per heavy atom. The minimum absolute atomic E-state index is 0.179. The van der Waals surface area contributed by atoms with E-state index in [0.717, 1.165) is 5.69 Å². The summed E-state index contributed by atoms with van der Waals surface area (Å²) < 4.78 is 33.6. The van der Waals surface area contributed by atoms with Crippen molar-refractivity contribution >= 4 is 27.3 Å². The lowest BCUT2D eigenvalue weighted by Gasteiger charge is -2.13. The van der Waals surface area contributed by atoms with Crippen LogP contribution in [0.1, 0.15) is 16.8 Å². The Labute approximate surface area is 151 Å². The number of hydrogen-bond acceptors (Lipinski definition) is 4. The molecule has 2 aromatic carbocycles. The lowest BCUT2D eigenvalue weighted by atomic mass is 10.1. The summed E-state index contributed by atoms with van der Waals surface area (Å²) in [5.74, 6) is 0.521. The number of sulfonamides is 1. The van der Waals surface area contributed by atoms with E-state index in [4.69, 9.17) is 16.1 Å². The molecule has 130 valence electrons. The van der Waals surface area contributed by atoms with Gasteiger partial charge < -0.3 is 4.52 Å². The Morgan fingerprint density at radius 3 is 2.52 bits per heavy atom. The fourth-order valence-corrected chi connectivity index (χ4v) is 4.03. The van der Waals surface area contributed by atoms with Gasteiger partial charge in [0.25, 0.3) is 10.0 Å². The van der Waals surface area contributed by atoms with Crippen molar-refractivity contribution in [2.45, 2.75) is 25.7 Å². The van der Waals surface area contributed by atoms with E-state index in [-0.39, 0.29) is 4.90 Å². The van der Waals surface area contributed by atoms with Gasteiger partial charge in [-0.1, -0.05) is 35.0 Å². The zero-order valence-corrected chi connectivity index (χ0v) is 15.6. The highest BCUT2D eigenvalue weighted by Gasteiger charge is 2.20. The van der Waals surface area contributed by atoms with Gasteiger partial charge in [-0.2, -0.15) is 0 Å².